The maximum Gasteiger partial charge on any atom is 0.326 e. The Morgan fingerprint density at radius 1 is 1.25 bits per heavy atom. The van der Waals surface area contributed by atoms with Crippen LogP contribution in [-0.4, -0.2) is 29.1 Å². The second-order valence-electron chi connectivity index (χ2n) is 5.26. The van der Waals surface area contributed by atoms with E-state index in [0.717, 1.165) is 5.56 Å². The standard InChI is InChI=1S/C15H22N2O3/c1-10(2)12(16)9-14(18)17-13(15(19)20)8-11-6-4-3-5-7-11/h3-7,10,12-13H,8-9,16H2,1-2H3,(H,17,18)(H,19,20)/t12?,13-/m1/s1. The zero-order chi connectivity index (χ0) is 15.1. The summed E-state index contributed by atoms with van der Waals surface area (Å²) in [6.07, 6.45) is 0.398. The molecule has 0 aliphatic heterocycles. The van der Waals surface area contributed by atoms with E-state index in [0.29, 0.717) is 0 Å². The van der Waals surface area contributed by atoms with Crippen molar-refractivity contribution in [1.82, 2.24) is 5.32 Å². The number of carboxylic acids is 1. The van der Waals surface area contributed by atoms with Crippen LogP contribution in [0.25, 0.3) is 0 Å². The first kappa shape index (κ1) is 16.2. The van der Waals surface area contributed by atoms with Crippen LogP contribution in [-0.2, 0) is 16.0 Å². The fourth-order valence-corrected chi connectivity index (χ4v) is 1.75. The molecule has 0 bridgehead atoms. The lowest BCUT2D eigenvalue weighted by Gasteiger charge is -2.18. The Labute approximate surface area is 119 Å². The third kappa shape index (κ3) is 5.40. The minimum absolute atomic E-state index is 0.135. The Balaban J connectivity index is 2.59. The van der Waals surface area contributed by atoms with Crippen molar-refractivity contribution in [3.8, 4) is 0 Å². The molecule has 1 aromatic carbocycles. The summed E-state index contributed by atoms with van der Waals surface area (Å²) in [7, 11) is 0. The van der Waals surface area contributed by atoms with Gasteiger partial charge in [-0.3, -0.25) is 4.79 Å². The van der Waals surface area contributed by atoms with E-state index in [2.05, 4.69) is 5.32 Å². The number of carbonyl (C=O) groups is 2. The molecule has 0 aliphatic rings. The molecule has 0 heterocycles. The van der Waals surface area contributed by atoms with E-state index in [4.69, 9.17) is 5.73 Å². The topological polar surface area (TPSA) is 92.4 Å². The molecule has 0 aliphatic carbocycles. The fourth-order valence-electron chi connectivity index (χ4n) is 1.75. The Morgan fingerprint density at radius 2 is 1.85 bits per heavy atom. The number of aliphatic carboxylic acids is 1. The van der Waals surface area contributed by atoms with Crippen molar-refractivity contribution in [1.29, 1.82) is 0 Å². The quantitative estimate of drug-likeness (QED) is 0.698. The van der Waals surface area contributed by atoms with E-state index < -0.39 is 12.0 Å². The minimum Gasteiger partial charge on any atom is -0.480 e. The first-order chi connectivity index (χ1) is 9.40. The molecule has 0 saturated carbocycles. The summed E-state index contributed by atoms with van der Waals surface area (Å²) in [5.41, 5.74) is 6.68. The zero-order valence-electron chi connectivity index (χ0n) is 11.9. The van der Waals surface area contributed by atoms with Crippen LogP contribution in [0.3, 0.4) is 0 Å². The predicted octanol–water partition coefficient (Wildman–Crippen LogP) is 1.17. The van der Waals surface area contributed by atoms with Crippen LogP contribution in [0.15, 0.2) is 30.3 Å². The van der Waals surface area contributed by atoms with Crippen LogP contribution in [0.4, 0.5) is 0 Å². The van der Waals surface area contributed by atoms with Gasteiger partial charge in [-0.1, -0.05) is 44.2 Å². The highest BCUT2D eigenvalue weighted by atomic mass is 16.4. The molecule has 20 heavy (non-hydrogen) atoms. The Morgan fingerprint density at radius 3 is 2.35 bits per heavy atom. The average Bonchev–Trinajstić information content (AvgIpc) is 2.38. The van der Waals surface area contributed by atoms with Crippen LogP contribution >= 0.6 is 0 Å². The molecular formula is C15H22N2O3. The van der Waals surface area contributed by atoms with E-state index >= 15 is 0 Å². The predicted molar refractivity (Wildman–Crippen MR) is 77.1 cm³/mol. The molecule has 1 amide bonds. The smallest absolute Gasteiger partial charge is 0.326 e. The maximum absolute atomic E-state index is 11.8. The maximum atomic E-state index is 11.8. The third-order valence-corrected chi connectivity index (χ3v) is 3.19. The second kappa shape index (κ2) is 7.65. The number of nitrogens with two attached hydrogens (primary N) is 1. The highest BCUT2D eigenvalue weighted by molar-refractivity contribution is 5.84. The summed E-state index contributed by atoms with van der Waals surface area (Å²) >= 11 is 0. The van der Waals surface area contributed by atoms with E-state index in [1.54, 1.807) is 0 Å². The lowest BCUT2D eigenvalue weighted by Crippen LogP contribution is -2.44. The molecule has 1 aromatic rings. The molecule has 5 heteroatoms. The number of benzene rings is 1. The van der Waals surface area contributed by atoms with Gasteiger partial charge in [-0.2, -0.15) is 0 Å². The fraction of sp³-hybridized carbons (Fsp3) is 0.467. The van der Waals surface area contributed by atoms with Gasteiger partial charge in [0, 0.05) is 18.9 Å². The molecule has 0 aromatic heterocycles. The number of hydrogen-bond acceptors (Lipinski definition) is 3. The number of rotatable bonds is 7. The first-order valence-corrected chi connectivity index (χ1v) is 6.71. The summed E-state index contributed by atoms with van der Waals surface area (Å²) in [6, 6.07) is 8.02. The molecule has 1 unspecified atom stereocenters. The Hall–Kier alpha value is -1.88. The minimum atomic E-state index is -1.04. The van der Waals surface area contributed by atoms with Gasteiger partial charge in [0.2, 0.25) is 5.91 Å². The number of hydrogen-bond donors (Lipinski definition) is 3. The first-order valence-electron chi connectivity index (χ1n) is 6.71. The molecule has 5 nitrogen and oxygen atoms in total. The van der Waals surface area contributed by atoms with Crippen molar-refractivity contribution in [3.63, 3.8) is 0 Å². The lowest BCUT2D eigenvalue weighted by atomic mass is 10.0. The molecule has 1 rings (SSSR count). The van der Waals surface area contributed by atoms with Crippen molar-refractivity contribution in [2.45, 2.75) is 38.8 Å². The molecule has 0 fully saturated rings. The third-order valence-electron chi connectivity index (χ3n) is 3.19. The molecule has 0 radical (unpaired) electrons. The number of carbonyl (C=O) groups excluding carboxylic acids is 1. The number of amides is 1. The van der Waals surface area contributed by atoms with Gasteiger partial charge in [0.25, 0.3) is 0 Å². The number of nitrogens with one attached hydrogen (secondary N) is 1. The summed E-state index contributed by atoms with van der Waals surface area (Å²) in [4.78, 5) is 23.0. The van der Waals surface area contributed by atoms with Crippen molar-refractivity contribution in [2.24, 2.45) is 11.7 Å². The second-order valence-corrected chi connectivity index (χ2v) is 5.26. The molecule has 0 saturated heterocycles. The SMILES string of the molecule is CC(C)C(N)CC(=O)N[C@H](Cc1ccccc1)C(=O)O. The van der Waals surface area contributed by atoms with Crippen molar-refractivity contribution < 1.29 is 14.7 Å². The highest BCUT2D eigenvalue weighted by Gasteiger charge is 2.22. The summed E-state index contributed by atoms with van der Waals surface area (Å²) in [5, 5.41) is 11.7. The average molecular weight is 278 g/mol. The Bertz CT molecular complexity index is 446. The van der Waals surface area contributed by atoms with Gasteiger partial charge in [0.05, 0.1) is 0 Å². The van der Waals surface area contributed by atoms with Crippen molar-refractivity contribution in [2.75, 3.05) is 0 Å². The molecule has 4 N–H and O–H groups in total. The summed E-state index contributed by atoms with van der Waals surface area (Å²) < 4.78 is 0. The summed E-state index contributed by atoms with van der Waals surface area (Å²) in [6.45, 7) is 3.85. The van der Waals surface area contributed by atoms with Crippen LogP contribution < -0.4 is 11.1 Å². The van der Waals surface area contributed by atoms with Gasteiger partial charge >= 0.3 is 5.97 Å². The summed E-state index contributed by atoms with van der Waals surface area (Å²) in [5.74, 6) is -1.19. The van der Waals surface area contributed by atoms with Gasteiger partial charge in [-0.25, -0.2) is 4.79 Å². The van der Waals surface area contributed by atoms with Gasteiger partial charge < -0.3 is 16.2 Å². The van der Waals surface area contributed by atoms with Crippen molar-refractivity contribution in [3.05, 3.63) is 35.9 Å². The Kier molecular flexibility index (Phi) is 6.18. The molecule has 0 spiro atoms. The van der Waals surface area contributed by atoms with Gasteiger partial charge in [-0.05, 0) is 11.5 Å². The zero-order valence-corrected chi connectivity index (χ0v) is 11.9. The molecule has 2 atom stereocenters. The van der Waals surface area contributed by atoms with Crippen LogP contribution in [0, 0.1) is 5.92 Å². The van der Waals surface area contributed by atoms with Gasteiger partial charge in [0.1, 0.15) is 6.04 Å². The largest absolute Gasteiger partial charge is 0.480 e. The van der Waals surface area contributed by atoms with Crippen LogP contribution in [0.5, 0.6) is 0 Å². The van der Waals surface area contributed by atoms with E-state index in [1.165, 1.54) is 0 Å². The van der Waals surface area contributed by atoms with E-state index in [1.807, 2.05) is 44.2 Å². The van der Waals surface area contributed by atoms with Gasteiger partial charge in [-0.15, -0.1) is 0 Å². The normalized spacial score (nSPS) is 13.8. The lowest BCUT2D eigenvalue weighted by molar-refractivity contribution is -0.141. The van der Waals surface area contributed by atoms with Crippen LogP contribution in [0.1, 0.15) is 25.8 Å². The monoisotopic (exact) mass is 278 g/mol. The van der Waals surface area contributed by atoms with E-state index in [9.17, 15) is 14.7 Å². The highest BCUT2D eigenvalue weighted by Crippen LogP contribution is 2.06. The molecular weight excluding hydrogens is 256 g/mol. The van der Waals surface area contributed by atoms with Crippen LogP contribution in [0.2, 0.25) is 0 Å². The molecule has 110 valence electrons. The van der Waals surface area contributed by atoms with Gasteiger partial charge in [0.15, 0.2) is 0 Å². The number of carboxylic acid groups (broad SMARTS) is 1. The van der Waals surface area contributed by atoms with E-state index in [-0.39, 0.29) is 30.7 Å². The van der Waals surface area contributed by atoms with Crippen molar-refractivity contribution >= 4 is 11.9 Å².